The molecule has 5 nitrogen and oxygen atoms in total. The van der Waals surface area contributed by atoms with Crippen LogP contribution in [0.1, 0.15) is 15.0 Å². The minimum atomic E-state index is 0.130. The average molecular weight is 281 g/mol. The third-order valence-corrected chi connectivity index (χ3v) is 4.67. The van der Waals surface area contributed by atoms with Crippen molar-refractivity contribution in [2.45, 2.75) is 17.3 Å². The van der Waals surface area contributed by atoms with Gasteiger partial charge in [-0.2, -0.15) is 0 Å². The monoisotopic (exact) mass is 281 g/mol. The quantitative estimate of drug-likeness (QED) is 0.583. The predicted molar refractivity (Wildman–Crippen MR) is 77.6 cm³/mol. The van der Waals surface area contributed by atoms with Crippen molar-refractivity contribution in [2.75, 3.05) is 18.0 Å². The zero-order valence-corrected chi connectivity index (χ0v) is 11.6. The topological polar surface area (TPSA) is 104 Å². The Bertz CT molecular complexity index is 520. The van der Waals surface area contributed by atoms with Crippen LogP contribution < -0.4 is 17.2 Å². The lowest BCUT2D eigenvalue weighted by atomic mass is 10.3. The molecule has 2 aromatic heterocycles. The van der Waals surface area contributed by atoms with Gasteiger partial charge in [0.25, 0.3) is 0 Å². The fourth-order valence-corrected chi connectivity index (χ4v) is 3.51. The summed E-state index contributed by atoms with van der Waals surface area (Å²) in [5, 5.41) is 0.693. The summed E-state index contributed by atoms with van der Waals surface area (Å²) >= 11 is 3.22. The van der Waals surface area contributed by atoms with Crippen molar-refractivity contribution < 1.29 is 0 Å². The van der Waals surface area contributed by atoms with E-state index in [0.717, 1.165) is 0 Å². The minimum absolute atomic E-state index is 0.130. The van der Waals surface area contributed by atoms with Gasteiger partial charge in [0.2, 0.25) is 0 Å². The van der Waals surface area contributed by atoms with Gasteiger partial charge in [-0.05, 0) is 19.1 Å². The third kappa shape index (κ3) is 3.12. The van der Waals surface area contributed by atoms with Gasteiger partial charge in [0.1, 0.15) is 11.6 Å². The second kappa shape index (κ2) is 5.55. The standard InChI is InChI=1S/C11H15N5S2/c1-6-2-3-7(17-6)8(5-12)18-11-15-9(13)4-10(14)16-11/h2-4,8H,5,12H2,1H3,(H4,13,14,15,16). The Morgan fingerprint density at radius 2 is 1.94 bits per heavy atom. The zero-order chi connectivity index (χ0) is 13.1. The van der Waals surface area contributed by atoms with Gasteiger partial charge in [-0.25, -0.2) is 9.97 Å². The highest BCUT2D eigenvalue weighted by Crippen LogP contribution is 2.36. The normalized spacial score (nSPS) is 12.6. The fraction of sp³-hybridized carbons (Fsp3) is 0.273. The molecule has 2 rings (SSSR count). The van der Waals surface area contributed by atoms with Crippen LogP contribution in [0.25, 0.3) is 0 Å². The molecule has 96 valence electrons. The van der Waals surface area contributed by atoms with Crippen LogP contribution in [-0.4, -0.2) is 16.5 Å². The number of hydrogen-bond acceptors (Lipinski definition) is 7. The molecular formula is C11H15N5S2. The van der Waals surface area contributed by atoms with Crippen molar-refractivity contribution in [3.63, 3.8) is 0 Å². The molecule has 7 heteroatoms. The number of nitrogen functional groups attached to an aromatic ring is 2. The molecule has 1 unspecified atom stereocenters. The van der Waals surface area contributed by atoms with Crippen molar-refractivity contribution in [3.8, 4) is 0 Å². The molecule has 0 bridgehead atoms. The number of rotatable bonds is 4. The Kier molecular flexibility index (Phi) is 4.05. The van der Waals surface area contributed by atoms with E-state index in [1.54, 1.807) is 11.3 Å². The first-order chi connectivity index (χ1) is 8.58. The van der Waals surface area contributed by atoms with Crippen LogP contribution in [0, 0.1) is 6.92 Å². The van der Waals surface area contributed by atoms with Crippen LogP contribution in [0.3, 0.4) is 0 Å². The Balaban J connectivity index is 2.20. The molecule has 0 amide bonds. The molecule has 0 aliphatic heterocycles. The van der Waals surface area contributed by atoms with Crippen LogP contribution in [0.15, 0.2) is 23.4 Å². The highest BCUT2D eigenvalue weighted by atomic mass is 32.2. The first kappa shape index (κ1) is 13.1. The minimum Gasteiger partial charge on any atom is -0.383 e. The number of hydrogen-bond donors (Lipinski definition) is 3. The number of thiophene rings is 1. The van der Waals surface area contributed by atoms with Crippen molar-refractivity contribution in [3.05, 3.63) is 28.0 Å². The second-order valence-electron chi connectivity index (χ2n) is 3.79. The van der Waals surface area contributed by atoms with Crippen molar-refractivity contribution >= 4 is 34.7 Å². The number of nitrogens with zero attached hydrogens (tertiary/aromatic N) is 2. The first-order valence-electron chi connectivity index (χ1n) is 5.41. The second-order valence-corrected chi connectivity index (χ2v) is 6.28. The molecular weight excluding hydrogens is 266 g/mol. The summed E-state index contributed by atoms with van der Waals surface area (Å²) < 4.78 is 0. The van der Waals surface area contributed by atoms with Crippen LogP contribution in [0.5, 0.6) is 0 Å². The fourth-order valence-electron chi connectivity index (χ4n) is 1.49. The zero-order valence-electron chi connectivity index (χ0n) is 9.96. The molecule has 0 radical (unpaired) electrons. The third-order valence-electron chi connectivity index (χ3n) is 2.29. The largest absolute Gasteiger partial charge is 0.383 e. The van der Waals surface area contributed by atoms with Gasteiger partial charge in [0.15, 0.2) is 5.16 Å². The smallest absolute Gasteiger partial charge is 0.192 e. The lowest BCUT2D eigenvalue weighted by molar-refractivity contribution is 0.927. The van der Waals surface area contributed by atoms with E-state index in [0.29, 0.717) is 23.3 Å². The molecule has 18 heavy (non-hydrogen) atoms. The lowest BCUT2D eigenvalue weighted by Crippen LogP contribution is -2.09. The number of aromatic nitrogens is 2. The highest BCUT2D eigenvalue weighted by molar-refractivity contribution is 7.99. The molecule has 0 aliphatic rings. The number of nitrogens with two attached hydrogens (primary N) is 3. The van der Waals surface area contributed by atoms with E-state index in [4.69, 9.17) is 17.2 Å². The first-order valence-corrected chi connectivity index (χ1v) is 7.11. The van der Waals surface area contributed by atoms with E-state index < -0.39 is 0 Å². The van der Waals surface area contributed by atoms with E-state index in [1.807, 2.05) is 0 Å². The summed E-state index contributed by atoms with van der Waals surface area (Å²) in [5.41, 5.74) is 17.1. The summed E-state index contributed by atoms with van der Waals surface area (Å²) in [6, 6.07) is 5.70. The molecule has 0 saturated heterocycles. The summed E-state index contributed by atoms with van der Waals surface area (Å²) in [6.45, 7) is 2.59. The van der Waals surface area contributed by atoms with Crippen LogP contribution in [0.2, 0.25) is 0 Å². The summed E-state index contributed by atoms with van der Waals surface area (Å²) in [6.07, 6.45) is 0. The van der Waals surface area contributed by atoms with Gasteiger partial charge in [-0.15, -0.1) is 11.3 Å². The van der Waals surface area contributed by atoms with Crippen molar-refractivity contribution in [1.82, 2.24) is 9.97 Å². The lowest BCUT2D eigenvalue weighted by Gasteiger charge is -2.11. The maximum Gasteiger partial charge on any atom is 0.192 e. The molecule has 1 atom stereocenters. The maximum absolute atomic E-state index is 5.81. The van der Waals surface area contributed by atoms with E-state index in [-0.39, 0.29) is 5.25 Å². The Hall–Kier alpha value is -1.31. The van der Waals surface area contributed by atoms with E-state index >= 15 is 0 Å². The van der Waals surface area contributed by atoms with Crippen molar-refractivity contribution in [2.24, 2.45) is 5.73 Å². The number of anilines is 2. The number of thioether (sulfide) groups is 1. The molecule has 0 spiro atoms. The van der Waals surface area contributed by atoms with Gasteiger partial charge in [-0.3, -0.25) is 0 Å². The van der Waals surface area contributed by atoms with Gasteiger partial charge >= 0.3 is 0 Å². The predicted octanol–water partition coefficient (Wildman–Crippen LogP) is 1.80. The molecule has 2 aromatic rings. The average Bonchev–Trinajstić information content (AvgIpc) is 2.71. The number of aryl methyl sites for hydroxylation is 1. The van der Waals surface area contributed by atoms with E-state index in [1.165, 1.54) is 27.6 Å². The van der Waals surface area contributed by atoms with Crippen LogP contribution in [0.4, 0.5) is 11.6 Å². The molecule has 0 aromatic carbocycles. The summed E-state index contributed by atoms with van der Waals surface area (Å²) in [7, 11) is 0. The molecule has 2 heterocycles. The Morgan fingerprint density at radius 3 is 2.44 bits per heavy atom. The van der Waals surface area contributed by atoms with Gasteiger partial charge < -0.3 is 17.2 Å². The van der Waals surface area contributed by atoms with Crippen molar-refractivity contribution in [1.29, 1.82) is 0 Å². The summed E-state index contributed by atoms with van der Waals surface area (Å²) in [5.74, 6) is 0.756. The van der Waals surface area contributed by atoms with Crippen LogP contribution >= 0.6 is 23.1 Å². The van der Waals surface area contributed by atoms with E-state index in [9.17, 15) is 0 Å². The van der Waals surface area contributed by atoms with Gasteiger partial charge in [-0.1, -0.05) is 11.8 Å². The molecule has 0 aliphatic carbocycles. The highest BCUT2D eigenvalue weighted by Gasteiger charge is 2.15. The molecule has 0 saturated carbocycles. The van der Waals surface area contributed by atoms with Gasteiger partial charge in [0.05, 0.1) is 5.25 Å². The Morgan fingerprint density at radius 1 is 1.28 bits per heavy atom. The molecule has 6 N–H and O–H groups in total. The van der Waals surface area contributed by atoms with Gasteiger partial charge in [0, 0.05) is 22.4 Å². The molecule has 0 fully saturated rings. The van der Waals surface area contributed by atoms with Crippen LogP contribution in [-0.2, 0) is 0 Å². The SMILES string of the molecule is Cc1ccc(C(CN)Sc2nc(N)cc(N)n2)s1. The summed E-state index contributed by atoms with van der Waals surface area (Å²) in [4.78, 5) is 10.8. The van der Waals surface area contributed by atoms with E-state index in [2.05, 4.69) is 29.0 Å². The Labute approximate surface area is 114 Å². The maximum atomic E-state index is 5.81.